The summed E-state index contributed by atoms with van der Waals surface area (Å²) in [4.78, 5) is 28.4. The summed E-state index contributed by atoms with van der Waals surface area (Å²) in [6.07, 6.45) is 8.98. The fourth-order valence-corrected chi connectivity index (χ4v) is 3.42. The highest BCUT2D eigenvalue weighted by Gasteiger charge is 2.41. The van der Waals surface area contributed by atoms with Crippen molar-refractivity contribution in [2.45, 2.75) is 26.3 Å². The number of amides is 2. The van der Waals surface area contributed by atoms with E-state index in [4.69, 9.17) is 0 Å². The third-order valence-corrected chi connectivity index (χ3v) is 4.54. The fourth-order valence-electron chi connectivity index (χ4n) is 3.42. The van der Waals surface area contributed by atoms with Crippen LogP contribution in [0.3, 0.4) is 0 Å². The number of aromatic nitrogens is 3. The van der Waals surface area contributed by atoms with Crippen LogP contribution < -0.4 is 5.43 Å². The Labute approximate surface area is 151 Å². The maximum absolute atomic E-state index is 12.1. The average Bonchev–Trinajstić information content (AvgIpc) is 3.30. The van der Waals surface area contributed by atoms with Crippen LogP contribution in [0.15, 0.2) is 42.8 Å². The lowest BCUT2D eigenvalue weighted by Gasteiger charge is -2.23. The van der Waals surface area contributed by atoms with Crippen LogP contribution in [0.5, 0.6) is 0 Å². The Balaban J connectivity index is 1.43. The van der Waals surface area contributed by atoms with E-state index in [1.807, 2.05) is 38.1 Å². The molecule has 0 unspecified atom stereocenters. The second-order valence-electron chi connectivity index (χ2n) is 6.72. The van der Waals surface area contributed by atoms with Gasteiger partial charge in [0.15, 0.2) is 5.82 Å². The van der Waals surface area contributed by atoms with E-state index in [-0.39, 0.29) is 23.8 Å². The summed E-state index contributed by atoms with van der Waals surface area (Å²) in [6, 6.07) is 6.09. The normalized spacial score (nSPS) is 21.2. The number of fused-ring (bicyclic) bond motifs is 2. The summed E-state index contributed by atoms with van der Waals surface area (Å²) in [5, 5.41) is 5.77. The molecule has 1 aromatic heterocycles. The van der Waals surface area contributed by atoms with Gasteiger partial charge in [-0.25, -0.2) is 14.7 Å². The molecule has 2 aromatic rings. The number of nitrogens with zero attached hydrogens (tertiary/aromatic N) is 4. The van der Waals surface area contributed by atoms with E-state index >= 15 is 0 Å². The van der Waals surface area contributed by atoms with Gasteiger partial charge in [-0.3, -0.25) is 15.0 Å². The van der Waals surface area contributed by atoms with Gasteiger partial charge < -0.3 is 0 Å². The maximum atomic E-state index is 12.1. The van der Waals surface area contributed by atoms with Gasteiger partial charge in [-0.15, -0.1) is 5.10 Å². The van der Waals surface area contributed by atoms with E-state index in [2.05, 4.69) is 21.6 Å². The highest BCUT2D eigenvalue weighted by Crippen LogP contribution is 2.31. The summed E-state index contributed by atoms with van der Waals surface area (Å²) >= 11 is 0. The minimum absolute atomic E-state index is 0.0348. The first-order valence-electron chi connectivity index (χ1n) is 8.49. The molecule has 7 nitrogen and oxygen atoms in total. The lowest BCUT2D eigenvalue weighted by Crippen LogP contribution is -2.48. The molecule has 2 atom stereocenters. The number of hydrazine groups is 1. The van der Waals surface area contributed by atoms with Gasteiger partial charge in [0.25, 0.3) is 5.91 Å². The van der Waals surface area contributed by atoms with Crippen molar-refractivity contribution in [2.75, 3.05) is 0 Å². The Morgan fingerprint density at radius 2 is 2.00 bits per heavy atom. The quantitative estimate of drug-likeness (QED) is 0.675. The smallest absolute Gasteiger partial charge is 0.264 e. The largest absolute Gasteiger partial charge is 0.272 e. The van der Waals surface area contributed by atoms with E-state index in [9.17, 15) is 9.59 Å². The van der Waals surface area contributed by atoms with Crippen molar-refractivity contribution < 1.29 is 9.59 Å². The summed E-state index contributed by atoms with van der Waals surface area (Å²) in [5.74, 6) is 0.0684. The summed E-state index contributed by atoms with van der Waals surface area (Å²) in [7, 11) is 0. The van der Waals surface area contributed by atoms with Crippen LogP contribution in [0.2, 0.25) is 0 Å². The number of carbonyl (C=O) groups excluding carboxylic acids is 2. The van der Waals surface area contributed by atoms with E-state index in [0.29, 0.717) is 5.82 Å². The highest BCUT2D eigenvalue weighted by molar-refractivity contribution is 5.93. The van der Waals surface area contributed by atoms with Gasteiger partial charge in [-0.2, -0.15) is 0 Å². The zero-order valence-corrected chi connectivity index (χ0v) is 14.6. The van der Waals surface area contributed by atoms with Crippen LogP contribution in [0.4, 0.5) is 0 Å². The van der Waals surface area contributed by atoms with E-state index in [0.717, 1.165) is 23.1 Å². The Bertz CT molecular complexity index is 923. The number of hydrogen-bond acceptors (Lipinski definition) is 4. The Morgan fingerprint density at radius 1 is 1.23 bits per heavy atom. The molecule has 1 N–H and O–H groups in total. The van der Waals surface area contributed by atoms with Crippen molar-refractivity contribution in [3.63, 3.8) is 0 Å². The summed E-state index contributed by atoms with van der Waals surface area (Å²) in [5.41, 5.74) is 5.85. The number of hydrogen-bond donors (Lipinski definition) is 1. The SMILES string of the molecule is Cc1cc(C)cc(-c2ncn(/C=C\C(=O)NN3C(=O)[C@H]4C=C[C@@H]3C4)n2)c1. The molecule has 26 heavy (non-hydrogen) atoms. The van der Waals surface area contributed by atoms with Crippen LogP contribution in [0, 0.1) is 19.8 Å². The topological polar surface area (TPSA) is 80.1 Å². The standard InChI is InChI=1S/C19H19N5O2/c1-12-7-13(2)9-15(8-12)18-20-11-23(22-18)6-5-17(25)21-24-16-4-3-14(10-16)19(24)26/h3-9,11,14,16H,10H2,1-2H3,(H,21,25)/b6-5-/t14-,16+/m0/s1. The molecule has 1 fully saturated rings. The van der Waals surface area contributed by atoms with Crippen LogP contribution in [0.25, 0.3) is 17.6 Å². The van der Waals surface area contributed by atoms with Gasteiger partial charge in [0, 0.05) is 17.8 Å². The third kappa shape index (κ3) is 3.03. The van der Waals surface area contributed by atoms with Gasteiger partial charge in [0.2, 0.25) is 5.91 Å². The van der Waals surface area contributed by atoms with E-state index in [1.54, 1.807) is 6.33 Å². The van der Waals surface area contributed by atoms with Crippen LogP contribution in [-0.4, -0.2) is 37.6 Å². The molecule has 1 aromatic carbocycles. The zero-order valence-electron chi connectivity index (χ0n) is 14.6. The number of carbonyl (C=O) groups is 2. The molecule has 2 aliphatic rings. The summed E-state index contributed by atoms with van der Waals surface area (Å²) in [6.45, 7) is 4.05. The molecule has 1 aliphatic heterocycles. The van der Waals surface area contributed by atoms with Gasteiger partial charge in [-0.05, 0) is 32.4 Å². The average molecular weight is 349 g/mol. The minimum atomic E-state index is -0.372. The molecule has 132 valence electrons. The molecule has 2 heterocycles. The first kappa shape index (κ1) is 16.3. The maximum Gasteiger partial charge on any atom is 0.264 e. The van der Waals surface area contributed by atoms with Crippen molar-refractivity contribution in [1.82, 2.24) is 25.2 Å². The highest BCUT2D eigenvalue weighted by atomic mass is 16.2. The number of aryl methyl sites for hydroxylation is 2. The zero-order chi connectivity index (χ0) is 18.3. The van der Waals surface area contributed by atoms with Gasteiger partial charge in [-0.1, -0.05) is 29.3 Å². The molecule has 1 aliphatic carbocycles. The first-order valence-corrected chi connectivity index (χ1v) is 8.49. The second kappa shape index (κ2) is 6.25. The Kier molecular flexibility index (Phi) is 3.91. The van der Waals surface area contributed by atoms with Crippen LogP contribution >= 0.6 is 0 Å². The molecule has 1 saturated heterocycles. The first-order chi connectivity index (χ1) is 12.5. The van der Waals surface area contributed by atoms with Crippen LogP contribution in [-0.2, 0) is 9.59 Å². The van der Waals surface area contributed by atoms with Crippen molar-refractivity contribution in [3.05, 3.63) is 53.9 Å². The van der Waals surface area contributed by atoms with Crippen LogP contribution in [0.1, 0.15) is 17.5 Å². The number of nitrogens with one attached hydrogen (secondary N) is 1. The molecular formula is C19H19N5O2. The second-order valence-corrected chi connectivity index (χ2v) is 6.72. The predicted molar refractivity (Wildman–Crippen MR) is 96.3 cm³/mol. The molecule has 4 rings (SSSR count). The molecule has 2 amide bonds. The molecule has 0 saturated carbocycles. The molecule has 0 spiro atoms. The summed E-state index contributed by atoms with van der Waals surface area (Å²) < 4.78 is 1.48. The molecular weight excluding hydrogens is 330 g/mol. The van der Waals surface area contributed by atoms with Crippen molar-refractivity contribution in [2.24, 2.45) is 5.92 Å². The Hall–Kier alpha value is -3.22. The molecule has 0 radical (unpaired) electrons. The van der Waals surface area contributed by atoms with Gasteiger partial charge >= 0.3 is 0 Å². The lowest BCUT2D eigenvalue weighted by molar-refractivity contribution is -0.139. The third-order valence-electron chi connectivity index (χ3n) is 4.54. The number of rotatable bonds is 4. The van der Waals surface area contributed by atoms with Gasteiger partial charge in [0.05, 0.1) is 12.0 Å². The molecule has 2 bridgehead atoms. The monoisotopic (exact) mass is 349 g/mol. The minimum Gasteiger partial charge on any atom is -0.272 e. The van der Waals surface area contributed by atoms with E-state index in [1.165, 1.54) is 22.0 Å². The fraction of sp³-hybridized carbons (Fsp3) is 0.263. The van der Waals surface area contributed by atoms with Crippen molar-refractivity contribution in [3.8, 4) is 11.4 Å². The Morgan fingerprint density at radius 3 is 2.69 bits per heavy atom. The lowest BCUT2D eigenvalue weighted by atomic mass is 10.1. The van der Waals surface area contributed by atoms with Crippen molar-refractivity contribution >= 4 is 18.0 Å². The van der Waals surface area contributed by atoms with E-state index < -0.39 is 0 Å². The van der Waals surface area contributed by atoms with Crippen molar-refractivity contribution in [1.29, 1.82) is 0 Å². The number of benzene rings is 1. The van der Waals surface area contributed by atoms with Gasteiger partial charge in [0.1, 0.15) is 6.33 Å². The molecule has 7 heteroatoms. The predicted octanol–water partition coefficient (Wildman–Crippen LogP) is 1.85.